The largest absolute Gasteiger partial charge is 0.377 e. The van der Waals surface area contributed by atoms with E-state index in [-0.39, 0.29) is 18.0 Å². The average molecular weight is 421 g/mol. The van der Waals surface area contributed by atoms with Gasteiger partial charge in [-0.3, -0.25) is 9.10 Å². The summed E-state index contributed by atoms with van der Waals surface area (Å²) in [7, 11) is -3.42. The van der Waals surface area contributed by atoms with E-state index in [0.29, 0.717) is 29.5 Å². The number of carbonyl (C=O) groups is 1. The highest BCUT2D eigenvalue weighted by Gasteiger charge is 2.32. The van der Waals surface area contributed by atoms with Crippen LogP contribution in [0, 0.1) is 0 Å². The fourth-order valence-corrected chi connectivity index (χ4v) is 5.13. The summed E-state index contributed by atoms with van der Waals surface area (Å²) in [6, 6.07) is 12.1. The lowest BCUT2D eigenvalue weighted by atomic mass is 10.1. The van der Waals surface area contributed by atoms with Gasteiger partial charge in [0.2, 0.25) is 10.0 Å². The molecule has 0 bridgehead atoms. The number of sulfonamides is 1. The molecule has 1 atom stereocenters. The Morgan fingerprint density at radius 3 is 2.50 bits per heavy atom. The topological polar surface area (TPSA) is 75.7 Å². The molecular weight excluding hydrogens is 400 g/mol. The van der Waals surface area contributed by atoms with Gasteiger partial charge in [-0.15, -0.1) is 0 Å². The molecule has 28 heavy (non-hydrogen) atoms. The van der Waals surface area contributed by atoms with Crippen molar-refractivity contribution in [1.29, 1.82) is 0 Å². The van der Waals surface area contributed by atoms with Crippen LogP contribution in [0.3, 0.4) is 0 Å². The number of amides is 1. The monoisotopic (exact) mass is 420 g/mol. The molecule has 0 aromatic heterocycles. The van der Waals surface area contributed by atoms with E-state index >= 15 is 0 Å². The number of rotatable bonds is 5. The van der Waals surface area contributed by atoms with E-state index in [1.165, 1.54) is 16.1 Å². The number of nitrogens with zero attached hydrogens (tertiary/aromatic N) is 1. The molecule has 1 amide bonds. The number of fused-ring (bicyclic) bond motifs is 1. The third kappa shape index (κ3) is 3.74. The zero-order valence-electron chi connectivity index (χ0n) is 15.4. The first-order valence-electron chi connectivity index (χ1n) is 9.09. The van der Waals surface area contributed by atoms with Gasteiger partial charge in [-0.25, -0.2) is 8.42 Å². The number of anilines is 1. The lowest BCUT2D eigenvalue weighted by Crippen LogP contribution is -2.51. The molecular formula is C20H21ClN2O4S. The van der Waals surface area contributed by atoms with Crippen molar-refractivity contribution in [3.63, 3.8) is 0 Å². The van der Waals surface area contributed by atoms with Gasteiger partial charge in [-0.05, 0) is 60.4 Å². The normalized spacial score (nSPS) is 19.0. The SMILES string of the molecule is CS(=O)(=O)N(c1ccc(C(=O)N[C@@H]2CCc3cc(Cl)ccc32)cc1)C1COC1. The van der Waals surface area contributed by atoms with Gasteiger partial charge in [-0.1, -0.05) is 17.7 Å². The minimum atomic E-state index is -3.42. The van der Waals surface area contributed by atoms with Crippen LogP contribution in [0.2, 0.25) is 5.02 Å². The van der Waals surface area contributed by atoms with Crippen LogP contribution in [-0.4, -0.2) is 39.8 Å². The summed E-state index contributed by atoms with van der Waals surface area (Å²) < 4.78 is 30.8. The van der Waals surface area contributed by atoms with Crippen LogP contribution in [0.5, 0.6) is 0 Å². The Bertz CT molecular complexity index is 1000. The second-order valence-corrected chi connectivity index (χ2v) is 9.50. The van der Waals surface area contributed by atoms with Gasteiger partial charge < -0.3 is 10.1 Å². The van der Waals surface area contributed by atoms with E-state index in [4.69, 9.17) is 16.3 Å². The summed E-state index contributed by atoms with van der Waals surface area (Å²) in [5.74, 6) is -0.183. The number of benzene rings is 2. The third-order valence-electron chi connectivity index (χ3n) is 5.18. The standard InChI is InChI=1S/C20H21ClN2O4S/c1-28(25,26)23(17-11-27-12-17)16-6-2-13(3-7-16)20(24)22-19-9-4-14-10-15(21)5-8-18(14)19/h2-3,5-8,10,17,19H,4,9,11-12H2,1H3,(H,22,24)/t19-/m1/s1. The van der Waals surface area contributed by atoms with Crippen molar-refractivity contribution in [2.75, 3.05) is 23.8 Å². The summed E-state index contributed by atoms with van der Waals surface area (Å²) in [6.07, 6.45) is 2.89. The van der Waals surface area contributed by atoms with Gasteiger partial charge in [0.15, 0.2) is 0 Å². The summed E-state index contributed by atoms with van der Waals surface area (Å²) in [5, 5.41) is 3.76. The molecule has 2 aromatic carbocycles. The number of halogens is 1. The van der Waals surface area contributed by atoms with E-state index in [1.54, 1.807) is 24.3 Å². The Morgan fingerprint density at radius 2 is 1.89 bits per heavy atom. The van der Waals surface area contributed by atoms with Crippen molar-refractivity contribution in [1.82, 2.24) is 5.32 Å². The third-order valence-corrected chi connectivity index (χ3v) is 6.64. The highest BCUT2D eigenvalue weighted by atomic mass is 35.5. The van der Waals surface area contributed by atoms with E-state index in [0.717, 1.165) is 18.4 Å². The van der Waals surface area contributed by atoms with Crippen LogP contribution in [0.4, 0.5) is 5.69 Å². The van der Waals surface area contributed by atoms with Gasteiger partial charge in [0.05, 0.1) is 37.2 Å². The Kier molecular flexibility index (Phi) is 5.07. The van der Waals surface area contributed by atoms with Crippen molar-refractivity contribution in [3.05, 3.63) is 64.2 Å². The Hall–Kier alpha value is -2.09. The maximum absolute atomic E-state index is 12.7. The predicted octanol–water partition coefficient (Wildman–Crippen LogP) is 2.92. The number of ether oxygens (including phenoxy) is 1. The molecule has 148 valence electrons. The molecule has 1 aliphatic carbocycles. The van der Waals surface area contributed by atoms with Crippen LogP contribution >= 0.6 is 11.6 Å². The molecule has 4 rings (SSSR count). The molecule has 1 aliphatic heterocycles. The maximum Gasteiger partial charge on any atom is 0.251 e. The zero-order valence-corrected chi connectivity index (χ0v) is 17.0. The minimum Gasteiger partial charge on any atom is -0.377 e. The van der Waals surface area contributed by atoms with E-state index in [9.17, 15) is 13.2 Å². The molecule has 0 saturated carbocycles. The molecule has 1 saturated heterocycles. The van der Waals surface area contributed by atoms with Crippen LogP contribution < -0.4 is 9.62 Å². The number of hydrogen-bond donors (Lipinski definition) is 1. The first kappa shape index (κ1) is 19.2. The fraction of sp³-hybridized carbons (Fsp3) is 0.350. The molecule has 2 aliphatic rings. The van der Waals surface area contributed by atoms with E-state index < -0.39 is 10.0 Å². The van der Waals surface area contributed by atoms with Crippen molar-refractivity contribution in [2.24, 2.45) is 0 Å². The zero-order chi connectivity index (χ0) is 19.9. The number of carbonyl (C=O) groups excluding carboxylic acids is 1. The first-order valence-corrected chi connectivity index (χ1v) is 11.3. The fourth-order valence-electron chi connectivity index (χ4n) is 3.77. The van der Waals surface area contributed by atoms with Crippen LogP contribution in [0.1, 0.15) is 33.9 Å². The summed E-state index contributed by atoms with van der Waals surface area (Å²) in [4.78, 5) is 12.7. The van der Waals surface area contributed by atoms with Gasteiger partial charge in [0.25, 0.3) is 5.91 Å². The Morgan fingerprint density at radius 1 is 1.18 bits per heavy atom. The number of aryl methyl sites for hydroxylation is 1. The lowest BCUT2D eigenvalue weighted by molar-refractivity contribution is 0.0145. The van der Waals surface area contributed by atoms with Crippen LogP contribution in [0.15, 0.2) is 42.5 Å². The number of nitrogens with one attached hydrogen (secondary N) is 1. The van der Waals surface area contributed by atoms with Crippen molar-refractivity contribution in [3.8, 4) is 0 Å². The molecule has 1 N–H and O–H groups in total. The van der Waals surface area contributed by atoms with Crippen LogP contribution in [0.25, 0.3) is 0 Å². The first-order chi connectivity index (χ1) is 13.3. The molecule has 1 fully saturated rings. The Balaban J connectivity index is 1.49. The van der Waals surface area contributed by atoms with Gasteiger partial charge in [0.1, 0.15) is 0 Å². The molecule has 0 unspecified atom stereocenters. The predicted molar refractivity (Wildman–Crippen MR) is 108 cm³/mol. The molecule has 8 heteroatoms. The smallest absolute Gasteiger partial charge is 0.251 e. The second-order valence-electron chi connectivity index (χ2n) is 7.20. The number of hydrogen-bond acceptors (Lipinski definition) is 4. The lowest BCUT2D eigenvalue weighted by Gasteiger charge is -2.37. The van der Waals surface area contributed by atoms with Gasteiger partial charge in [0, 0.05) is 10.6 Å². The second kappa shape index (κ2) is 7.39. The summed E-state index contributed by atoms with van der Waals surface area (Å²) in [6.45, 7) is 0.751. The summed E-state index contributed by atoms with van der Waals surface area (Å²) >= 11 is 6.04. The van der Waals surface area contributed by atoms with Crippen molar-refractivity contribution < 1.29 is 17.9 Å². The summed E-state index contributed by atoms with van der Waals surface area (Å²) in [5.41, 5.74) is 3.29. The average Bonchev–Trinajstić information content (AvgIpc) is 2.99. The molecule has 0 spiro atoms. The molecule has 2 aromatic rings. The highest BCUT2D eigenvalue weighted by Crippen LogP contribution is 2.33. The van der Waals surface area contributed by atoms with Crippen molar-refractivity contribution in [2.45, 2.75) is 24.9 Å². The molecule has 0 radical (unpaired) electrons. The van der Waals surface area contributed by atoms with Crippen molar-refractivity contribution >= 4 is 33.2 Å². The van der Waals surface area contributed by atoms with Crippen LogP contribution in [-0.2, 0) is 21.2 Å². The van der Waals surface area contributed by atoms with E-state index in [2.05, 4.69) is 5.32 Å². The molecule has 6 nitrogen and oxygen atoms in total. The highest BCUT2D eigenvalue weighted by molar-refractivity contribution is 7.92. The van der Waals surface area contributed by atoms with Gasteiger partial charge >= 0.3 is 0 Å². The maximum atomic E-state index is 12.7. The minimum absolute atomic E-state index is 0.0425. The van der Waals surface area contributed by atoms with E-state index in [1.807, 2.05) is 18.2 Å². The Labute approximate surface area is 169 Å². The molecule has 1 heterocycles. The quantitative estimate of drug-likeness (QED) is 0.806. The van der Waals surface area contributed by atoms with Gasteiger partial charge in [-0.2, -0.15) is 0 Å².